The van der Waals surface area contributed by atoms with Gasteiger partial charge in [-0.3, -0.25) is 24.8 Å². The first-order chi connectivity index (χ1) is 25.7. The zero-order valence-corrected chi connectivity index (χ0v) is 36.1. The molecule has 3 aliphatic rings. The maximum absolute atomic E-state index is 11.6. The Labute approximate surface area is 344 Å². The van der Waals surface area contributed by atoms with Gasteiger partial charge >= 0.3 is 17.9 Å². The number of carboxylic acid groups (broad SMARTS) is 2. The van der Waals surface area contributed by atoms with Gasteiger partial charge in [0.2, 0.25) is 0 Å². The van der Waals surface area contributed by atoms with Crippen molar-refractivity contribution < 1.29 is 51.4 Å². The molecule has 2 aromatic carbocycles. The van der Waals surface area contributed by atoms with E-state index in [0.717, 1.165) is 93.5 Å². The van der Waals surface area contributed by atoms with E-state index in [-0.39, 0.29) is 45.1 Å². The van der Waals surface area contributed by atoms with Gasteiger partial charge in [-0.1, -0.05) is 87.3 Å². The van der Waals surface area contributed by atoms with Gasteiger partial charge in [0.05, 0.1) is 44.8 Å². The average Bonchev–Trinajstić information content (AvgIpc) is 3.10. The summed E-state index contributed by atoms with van der Waals surface area (Å²) in [6, 6.07) is 8.64. The summed E-state index contributed by atoms with van der Waals surface area (Å²) in [5.74, 6) is -1.67. The van der Waals surface area contributed by atoms with Gasteiger partial charge in [-0.2, -0.15) is 0 Å². The van der Waals surface area contributed by atoms with Gasteiger partial charge in [-0.05, 0) is 70.8 Å². The fourth-order valence-electron chi connectivity index (χ4n) is 7.45. The second-order valence-electron chi connectivity index (χ2n) is 18.4. The predicted molar refractivity (Wildman–Crippen MR) is 221 cm³/mol. The Hall–Kier alpha value is -3.90. The molecule has 5 rings (SSSR count). The van der Waals surface area contributed by atoms with Crippen LogP contribution in [0, 0.1) is 0 Å². The molecule has 11 nitrogen and oxygen atoms in total. The summed E-state index contributed by atoms with van der Waals surface area (Å²) in [5, 5.41) is 41.3. The van der Waals surface area contributed by atoms with Crippen LogP contribution in [-0.4, -0.2) is 105 Å². The second-order valence-corrected chi connectivity index (χ2v) is 18.4. The van der Waals surface area contributed by atoms with Crippen molar-refractivity contribution in [1.29, 1.82) is 0 Å². The molecule has 2 aliphatic heterocycles. The van der Waals surface area contributed by atoms with Crippen LogP contribution in [-0.2, 0) is 49.0 Å². The Morgan fingerprint density at radius 1 is 0.768 bits per heavy atom. The monoisotopic (exact) mass is 819 g/mol. The molecular formula is C44H66CoN5O6+. The SMILES string of the molecule is CC(C)(C)c1cc(C=NC2CCCCC2N=Cc2cc(C(C)(C)C)cc(C(C)(C)C)c2O)c(O)c(CCCN2CCC[N+]3=C2NCCC3)c1.O=C(O)C(=O)O.[Co]. The third-order valence-corrected chi connectivity index (χ3v) is 10.8. The van der Waals surface area contributed by atoms with Crippen LogP contribution in [0.4, 0.5) is 0 Å². The van der Waals surface area contributed by atoms with E-state index in [2.05, 4.69) is 101 Å². The van der Waals surface area contributed by atoms with Crippen LogP contribution < -0.4 is 5.32 Å². The number of carboxylic acids is 2. The van der Waals surface area contributed by atoms with Crippen molar-refractivity contribution in [3.8, 4) is 11.5 Å². The molecule has 0 spiro atoms. The minimum absolute atomic E-state index is 0. The van der Waals surface area contributed by atoms with Crippen molar-refractivity contribution in [2.24, 2.45) is 9.98 Å². The number of carbonyl (C=O) groups is 2. The van der Waals surface area contributed by atoms with Crippen LogP contribution in [0.5, 0.6) is 11.5 Å². The third-order valence-electron chi connectivity index (χ3n) is 10.8. The summed E-state index contributed by atoms with van der Waals surface area (Å²) >= 11 is 0. The van der Waals surface area contributed by atoms with Gasteiger partial charge in [0, 0.05) is 58.7 Å². The number of aliphatic carboxylic acids is 2. The van der Waals surface area contributed by atoms with Crippen LogP contribution in [0.1, 0.15) is 141 Å². The van der Waals surface area contributed by atoms with Crippen molar-refractivity contribution in [1.82, 2.24) is 10.2 Å². The number of nitrogens with zero attached hydrogens (tertiary/aromatic N) is 4. The van der Waals surface area contributed by atoms with Crippen LogP contribution >= 0.6 is 0 Å². The molecule has 1 radical (unpaired) electrons. The molecule has 1 aliphatic carbocycles. The van der Waals surface area contributed by atoms with Crippen molar-refractivity contribution in [3.63, 3.8) is 0 Å². The van der Waals surface area contributed by atoms with E-state index < -0.39 is 11.9 Å². The zero-order valence-electron chi connectivity index (χ0n) is 35.0. The number of rotatable bonds is 8. The van der Waals surface area contributed by atoms with E-state index >= 15 is 0 Å². The number of aryl methyl sites for hydroxylation is 1. The molecule has 0 saturated heterocycles. The van der Waals surface area contributed by atoms with Gasteiger partial charge in [0.1, 0.15) is 11.5 Å². The predicted octanol–water partition coefficient (Wildman–Crippen LogP) is 6.99. The number of phenols is 2. The summed E-state index contributed by atoms with van der Waals surface area (Å²) in [5.41, 5.74) is 5.67. The van der Waals surface area contributed by atoms with Crippen molar-refractivity contribution in [2.45, 2.75) is 142 Å². The van der Waals surface area contributed by atoms with E-state index in [1.54, 1.807) is 0 Å². The summed E-state index contributed by atoms with van der Waals surface area (Å²) in [4.78, 5) is 30.9. The quantitative estimate of drug-likeness (QED) is 0.108. The molecule has 311 valence electrons. The molecule has 1 fully saturated rings. The number of hydrogen-bond acceptors (Lipinski definition) is 8. The van der Waals surface area contributed by atoms with Crippen LogP contribution in [0.15, 0.2) is 34.3 Å². The first-order valence-electron chi connectivity index (χ1n) is 20.0. The van der Waals surface area contributed by atoms with E-state index in [4.69, 9.17) is 29.8 Å². The molecule has 0 amide bonds. The van der Waals surface area contributed by atoms with E-state index in [0.29, 0.717) is 11.5 Å². The van der Waals surface area contributed by atoms with E-state index in [9.17, 15) is 10.2 Å². The summed E-state index contributed by atoms with van der Waals surface area (Å²) in [7, 11) is 0. The fraction of sp³-hybridized carbons (Fsp3) is 0.614. The second kappa shape index (κ2) is 19.5. The molecule has 0 aromatic heterocycles. The maximum Gasteiger partial charge on any atom is 0.414 e. The number of aromatic hydroxyl groups is 2. The smallest absolute Gasteiger partial charge is 0.414 e. The van der Waals surface area contributed by atoms with E-state index in [1.165, 1.54) is 29.9 Å². The number of guanidine groups is 1. The van der Waals surface area contributed by atoms with Gasteiger partial charge in [0.15, 0.2) is 0 Å². The van der Waals surface area contributed by atoms with Crippen molar-refractivity contribution >= 4 is 30.3 Å². The molecule has 2 atom stereocenters. The van der Waals surface area contributed by atoms with Gasteiger partial charge in [-0.15, -0.1) is 0 Å². The van der Waals surface area contributed by atoms with Gasteiger partial charge < -0.3 is 20.4 Å². The van der Waals surface area contributed by atoms with Crippen molar-refractivity contribution in [3.05, 3.63) is 57.6 Å². The Bertz CT molecular complexity index is 1770. The van der Waals surface area contributed by atoms with Gasteiger partial charge in [0.25, 0.3) is 0 Å². The number of hydrogen-bond donors (Lipinski definition) is 5. The first-order valence-corrected chi connectivity index (χ1v) is 20.0. The fourth-order valence-corrected chi connectivity index (χ4v) is 7.45. The molecule has 0 bridgehead atoms. The molecule has 5 N–H and O–H groups in total. The van der Waals surface area contributed by atoms with Gasteiger partial charge in [-0.25, -0.2) is 9.59 Å². The number of phenolic OH excluding ortho intramolecular Hbond substituents is 2. The van der Waals surface area contributed by atoms with Crippen LogP contribution in [0.2, 0.25) is 0 Å². The normalized spacial score (nSPS) is 19.2. The average molecular weight is 820 g/mol. The number of benzene rings is 2. The molecule has 56 heavy (non-hydrogen) atoms. The molecule has 12 heteroatoms. The van der Waals surface area contributed by atoms with Crippen LogP contribution in [0.25, 0.3) is 0 Å². The molecule has 2 heterocycles. The topological polar surface area (TPSA) is 158 Å². The third kappa shape index (κ3) is 12.5. The number of aliphatic imine (C=N–C) groups is 2. The van der Waals surface area contributed by atoms with Crippen LogP contribution in [0.3, 0.4) is 0 Å². The standard InChI is InChI=1S/C42H63N5O2.C2H2O4.Co/c1-40(2,3)32-23-29(15-12-19-46-21-14-22-47-20-13-18-43-39(46)47)37(48)30(24-32)27-44-35-16-10-11-17-36(35)45-28-31-25-33(41(4,5)6)26-34(38(31)49)42(7,8)9;3-1(4)2(5)6;/h23-28,35-36H,10-22H2,1-9H3,(H2,44,45,48,49);(H,3,4)(H,5,6);/p+1. The van der Waals surface area contributed by atoms with E-state index in [1.807, 2.05) is 12.4 Å². The molecular weight excluding hydrogens is 753 g/mol. The number of nitrogens with one attached hydrogen (secondary N) is 1. The minimum Gasteiger partial charge on any atom is -0.507 e. The molecule has 1 saturated carbocycles. The first kappa shape index (κ1) is 46.5. The Morgan fingerprint density at radius 3 is 1.80 bits per heavy atom. The summed E-state index contributed by atoms with van der Waals surface area (Å²) < 4.78 is 2.50. The Morgan fingerprint density at radius 2 is 1.29 bits per heavy atom. The maximum atomic E-state index is 11.6. The minimum atomic E-state index is -1.82. The summed E-state index contributed by atoms with van der Waals surface area (Å²) in [6.45, 7) is 25.2. The Kier molecular flexibility index (Phi) is 16.2. The largest absolute Gasteiger partial charge is 0.507 e. The zero-order chi connectivity index (χ0) is 40.7. The Balaban J connectivity index is 0.00000111. The van der Waals surface area contributed by atoms with Crippen molar-refractivity contribution in [2.75, 3.05) is 32.7 Å². The summed E-state index contributed by atoms with van der Waals surface area (Å²) in [6.07, 6.45) is 12.2. The molecule has 2 unspecified atom stereocenters. The molecule has 2 aromatic rings.